The van der Waals surface area contributed by atoms with E-state index < -0.39 is 5.92 Å². The number of anilines is 1. The summed E-state index contributed by atoms with van der Waals surface area (Å²) in [4.78, 5) is 29.2. The van der Waals surface area contributed by atoms with Crippen molar-refractivity contribution >= 4 is 29.1 Å². The minimum Gasteiger partial charge on any atom is -0.355 e. The quantitative estimate of drug-likeness (QED) is 0.598. The van der Waals surface area contributed by atoms with Gasteiger partial charge in [-0.25, -0.2) is 0 Å². The summed E-state index contributed by atoms with van der Waals surface area (Å²) in [5.41, 5.74) is 0.799. The van der Waals surface area contributed by atoms with E-state index in [1.54, 1.807) is 17.0 Å². The Morgan fingerprint density at radius 3 is 2.52 bits per heavy atom. The van der Waals surface area contributed by atoms with E-state index in [0.717, 1.165) is 43.6 Å². The summed E-state index contributed by atoms with van der Waals surface area (Å²) in [6.07, 6.45) is 2.79. The first-order chi connectivity index (χ1) is 12.9. The van der Waals surface area contributed by atoms with Gasteiger partial charge < -0.3 is 15.1 Å². The fourth-order valence-corrected chi connectivity index (χ4v) is 4.54. The summed E-state index contributed by atoms with van der Waals surface area (Å²) >= 11 is 5.91. The third-order valence-electron chi connectivity index (χ3n) is 5.56. The average Bonchev–Trinajstić information content (AvgIpc) is 3.00. The molecule has 0 spiro atoms. The smallest absolute Gasteiger partial charge is 0.239 e. The summed E-state index contributed by atoms with van der Waals surface area (Å²) in [5.74, 6) is 0.665. The number of carbonyl (C=O) groups is 2. The molecular formula is C21H30ClN3O2. The lowest BCUT2D eigenvalue weighted by Gasteiger charge is -2.34. The minimum absolute atomic E-state index is 0.117. The monoisotopic (exact) mass is 391 g/mol. The number of nitrogens with zero attached hydrogens (tertiary/aromatic N) is 2. The van der Waals surface area contributed by atoms with Crippen LogP contribution in [-0.2, 0) is 9.59 Å². The summed E-state index contributed by atoms with van der Waals surface area (Å²) in [7, 11) is 0. The van der Waals surface area contributed by atoms with E-state index in [0.29, 0.717) is 24.5 Å². The molecule has 2 aliphatic heterocycles. The molecule has 2 heterocycles. The molecule has 3 atom stereocenters. The van der Waals surface area contributed by atoms with Crippen molar-refractivity contribution in [1.82, 2.24) is 10.2 Å². The van der Waals surface area contributed by atoms with Crippen LogP contribution in [0, 0.1) is 17.8 Å². The molecule has 27 heavy (non-hydrogen) atoms. The number of likely N-dealkylation sites (tertiary alicyclic amines) is 1. The lowest BCUT2D eigenvalue weighted by Crippen LogP contribution is -2.41. The standard InChI is InChI=1S/C21H30ClN3O2/c1-15-12-16(2)14-24(13-15)10-3-9-23-20(26)19-8-11-25(21(19)27)18-6-4-17(22)5-7-18/h4-7,15-16,19H,3,8-14H2,1-2H3,(H,23,26). The van der Waals surface area contributed by atoms with Gasteiger partial charge in [0.05, 0.1) is 0 Å². The van der Waals surface area contributed by atoms with Gasteiger partial charge in [-0.2, -0.15) is 0 Å². The van der Waals surface area contributed by atoms with Crippen molar-refractivity contribution in [1.29, 1.82) is 0 Å². The Hall–Kier alpha value is -1.59. The Kier molecular flexibility index (Phi) is 6.77. The molecular weight excluding hydrogens is 362 g/mol. The maximum atomic E-state index is 12.6. The molecule has 0 saturated carbocycles. The SMILES string of the molecule is CC1CC(C)CN(CCCNC(=O)C2CCN(c3ccc(Cl)cc3)C2=O)C1. The van der Waals surface area contributed by atoms with E-state index in [-0.39, 0.29) is 11.8 Å². The molecule has 6 heteroatoms. The van der Waals surface area contributed by atoms with E-state index in [1.807, 2.05) is 12.1 Å². The predicted molar refractivity (Wildman–Crippen MR) is 109 cm³/mol. The number of piperidine rings is 1. The van der Waals surface area contributed by atoms with E-state index in [2.05, 4.69) is 24.1 Å². The lowest BCUT2D eigenvalue weighted by molar-refractivity contribution is -0.132. The highest BCUT2D eigenvalue weighted by atomic mass is 35.5. The van der Waals surface area contributed by atoms with Gasteiger partial charge in [0, 0.05) is 36.9 Å². The summed E-state index contributed by atoms with van der Waals surface area (Å²) < 4.78 is 0. The van der Waals surface area contributed by atoms with Crippen molar-refractivity contribution in [3.05, 3.63) is 29.3 Å². The van der Waals surface area contributed by atoms with Crippen molar-refractivity contribution in [3.63, 3.8) is 0 Å². The topological polar surface area (TPSA) is 52.7 Å². The van der Waals surface area contributed by atoms with Crippen LogP contribution in [0.2, 0.25) is 5.02 Å². The van der Waals surface area contributed by atoms with Crippen LogP contribution < -0.4 is 10.2 Å². The number of nitrogens with one attached hydrogen (secondary N) is 1. The van der Waals surface area contributed by atoms with E-state index in [9.17, 15) is 9.59 Å². The van der Waals surface area contributed by atoms with Gasteiger partial charge in [-0.15, -0.1) is 0 Å². The van der Waals surface area contributed by atoms with Crippen LogP contribution in [0.5, 0.6) is 0 Å². The van der Waals surface area contributed by atoms with Crippen molar-refractivity contribution in [2.75, 3.05) is 37.6 Å². The van der Waals surface area contributed by atoms with Crippen LogP contribution in [0.3, 0.4) is 0 Å². The van der Waals surface area contributed by atoms with Crippen LogP contribution in [0.4, 0.5) is 5.69 Å². The molecule has 5 nitrogen and oxygen atoms in total. The zero-order chi connectivity index (χ0) is 19.4. The molecule has 3 unspecified atom stereocenters. The third kappa shape index (κ3) is 5.23. The number of carbonyl (C=O) groups excluding carboxylic acids is 2. The number of halogens is 1. The molecule has 1 aromatic rings. The summed E-state index contributed by atoms with van der Waals surface area (Å²) in [6.45, 7) is 9.12. The van der Waals surface area contributed by atoms with Crippen molar-refractivity contribution in [2.24, 2.45) is 17.8 Å². The second kappa shape index (κ2) is 9.07. The fourth-order valence-electron chi connectivity index (χ4n) is 4.41. The molecule has 1 aromatic carbocycles. The van der Waals surface area contributed by atoms with Gasteiger partial charge in [0.15, 0.2) is 0 Å². The van der Waals surface area contributed by atoms with Gasteiger partial charge in [0.2, 0.25) is 11.8 Å². The molecule has 0 radical (unpaired) electrons. The first kappa shape index (κ1) is 20.2. The van der Waals surface area contributed by atoms with E-state index >= 15 is 0 Å². The second-order valence-corrected chi connectivity index (χ2v) is 8.59. The molecule has 1 N–H and O–H groups in total. The highest BCUT2D eigenvalue weighted by Gasteiger charge is 2.37. The van der Waals surface area contributed by atoms with Gasteiger partial charge in [0.25, 0.3) is 0 Å². The van der Waals surface area contributed by atoms with Gasteiger partial charge >= 0.3 is 0 Å². The van der Waals surface area contributed by atoms with Crippen molar-refractivity contribution in [3.8, 4) is 0 Å². The van der Waals surface area contributed by atoms with Crippen LogP contribution in [-0.4, -0.2) is 49.4 Å². The molecule has 3 rings (SSSR count). The summed E-state index contributed by atoms with van der Waals surface area (Å²) in [5, 5.41) is 3.60. The molecule has 2 fully saturated rings. The van der Waals surface area contributed by atoms with Crippen LogP contribution in [0.15, 0.2) is 24.3 Å². The van der Waals surface area contributed by atoms with Gasteiger partial charge in [0.1, 0.15) is 5.92 Å². The molecule has 0 aromatic heterocycles. The molecule has 0 aliphatic carbocycles. The van der Waals surface area contributed by atoms with E-state index in [1.165, 1.54) is 6.42 Å². The Balaban J connectivity index is 1.42. The number of amides is 2. The zero-order valence-corrected chi connectivity index (χ0v) is 17.0. The molecule has 0 bridgehead atoms. The van der Waals surface area contributed by atoms with E-state index in [4.69, 9.17) is 11.6 Å². The van der Waals surface area contributed by atoms with Crippen molar-refractivity contribution in [2.45, 2.75) is 33.1 Å². The van der Waals surface area contributed by atoms with Crippen LogP contribution in [0.25, 0.3) is 0 Å². The molecule has 2 aliphatic rings. The Labute approximate surface area is 167 Å². The Bertz CT molecular complexity index is 654. The Morgan fingerprint density at radius 1 is 1.19 bits per heavy atom. The Morgan fingerprint density at radius 2 is 1.85 bits per heavy atom. The molecule has 2 saturated heterocycles. The van der Waals surface area contributed by atoms with Crippen molar-refractivity contribution < 1.29 is 9.59 Å². The van der Waals surface area contributed by atoms with Gasteiger partial charge in [-0.3, -0.25) is 9.59 Å². The maximum Gasteiger partial charge on any atom is 0.239 e. The number of hydrogen-bond donors (Lipinski definition) is 1. The molecule has 148 valence electrons. The highest BCUT2D eigenvalue weighted by Crippen LogP contribution is 2.26. The first-order valence-electron chi connectivity index (χ1n) is 10.0. The normalized spacial score (nSPS) is 26.4. The number of benzene rings is 1. The number of hydrogen-bond acceptors (Lipinski definition) is 3. The maximum absolute atomic E-state index is 12.6. The first-order valence-corrected chi connectivity index (χ1v) is 10.4. The molecule has 2 amide bonds. The largest absolute Gasteiger partial charge is 0.355 e. The summed E-state index contributed by atoms with van der Waals surface area (Å²) in [6, 6.07) is 7.17. The zero-order valence-electron chi connectivity index (χ0n) is 16.3. The second-order valence-electron chi connectivity index (χ2n) is 8.16. The third-order valence-corrected chi connectivity index (χ3v) is 5.81. The average molecular weight is 392 g/mol. The fraction of sp³-hybridized carbons (Fsp3) is 0.619. The van der Waals surface area contributed by atoms with Gasteiger partial charge in [-0.05, 0) is 61.9 Å². The lowest BCUT2D eigenvalue weighted by atomic mass is 9.92. The van der Waals surface area contributed by atoms with Gasteiger partial charge in [-0.1, -0.05) is 25.4 Å². The highest BCUT2D eigenvalue weighted by molar-refractivity contribution is 6.30. The van der Waals surface area contributed by atoms with Crippen LogP contribution in [0.1, 0.15) is 33.1 Å². The van der Waals surface area contributed by atoms with Crippen LogP contribution >= 0.6 is 11.6 Å². The minimum atomic E-state index is -0.573. The number of rotatable bonds is 6. The predicted octanol–water partition coefficient (Wildman–Crippen LogP) is 3.18.